The largest absolute Gasteiger partial charge is 0.389 e. The standard InChI is InChI=1S/C9H16F3N/c10-9(11,12)5-7-2-1-3-8(4-7)6-13/h7-8H,1-6,13H2. The summed E-state index contributed by atoms with van der Waals surface area (Å²) in [4.78, 5) is 0. The first kappa shape index (κ1) is 10.8. The summed E-state index contributed by atoms with van der Waals surface area (Å²) < 4.78 is 36.1. The molecule has 78 valence electrons. The van der Waals surface area contributed by atoms with Crippen LogP contribution in [0, 0.1) is 11.8 Å². The van der Waals surface area contributed by atoms with Gasteiger partial charge in [-0.1, -0.05) is 12.8 Å². The lowest BCUT2D eigenvalue weighted by Crippen LogP contribution is -2.25. The Kier molecular flexibility index (Phi) is 3.59. The Morgan fingerprint density at radius 2 is 1.77 bits per heavy atom. The van der Waals surface area contributed by atoms with E-state index in [-0.39, 0.29) is 5.92 Å². The molecule has 0 aromatic heterocycles. The van der Waals surface area contributed by atoms with E-state index in [4.69, 9.17) is 5.73 Å². The fourth-order valence-corrected chi connectivity index (χ4v) is 2.13. The highest BCUT2D eigenvalue weighted by atomic mass is 19.4. The first-order chi connectivity index (χ1) is 6.01. The van der Waals surface area contributed by atoms with E-state index in [2.05, 4.69) is 0 Å². The topological polar surface area (TPSA) is 26.0 Å². The molecule has 13 heavy (non-hydrogen) atoms. The molecule has 1 aliphatic rings. The second-order valence-corrected chi connectivity index (χ2v) is 3.95. The zero-order valence-corrected chi connectivity index (χ0v) is 7.61. The molecule has 0 spiro atoms. The second kappa shape index (κ2) is 4.31. The molecule has 2 atom stereocenters. The highest BCUT2D eigenvalue weighted by Crippen LogP contribution is 2.36. The summed E-state index contributed by atoms with van der Waals surface area (Å²) in [6.07, 6.45) is -1.33. The van der Waals surface area contributed by atoms with Crippen molar-refractivity contribution >= 4 is 0 Å². The van der Waals surface area contributed by atoms with Gasteiger partial charge in [0, 0.05) is 6.42 Å². The molecule has 1 rings (SSSR count). The number of rotatable bonds is 2. The maximum Gasteiger partial charge on any atom is 0.389 e. The van der Waals surface area contributed by atoms with Crippen LogP contribution in [-0.2, 0) is 0 Å². The number of alkyl halides is 3. The Balaban J connectivity index is 2.34. The number of nitrogens with two attached hydrogens (primary N) is 1. The van der Waals surface area contributed by atoms with E-state index < -0.39 is 12.6 Å². The molecule has 0 amide bonds. The van der Waals surface area contributed by atoms with Crippen molar-refractivity contribution in [2.24, 2.45) is 17.6 Å². The first-order valence-corrected chi connectivity index (χ1v) is 4.78. The van der Waals surface area contributed by atoms with Crippen LogP contribution in [0.25, 0.3) is 0 Å². The van der Waals surface area contributed by atoms with Crippen molar-refractivity contribution in [3.63, 3.8) is 0 Å². The lowest BCUT2D eigenvalue weighted by atomic mass is 9.80. The molecule has 0 bridgehead atoms. The van der Waals surface area contributed by atoms with Crippen LogP contribution in [0.2, 0.25) is 0 Å². The van der Waals surface area contributed by atoms with Crippen molar-refractivity contribution < 1.29 is 13.2 Å². The lowest BCUT2D eigenvalue weighted by molar-refractivity contribution is -0.147. The zero-order chi connectivity index (χ0) is 9.90. The minimum absolute atomic E-state index is 0.178. The fraction of sp³-hybridized carbons (Fsp3) is 1.00. The highest BCUT2D eigenvalue weighted by Gasteiger charge is 2.33. The van der Waals surface area contributed by atoms with Crippen molar-refractivity contribution in [2.75, 3.05) is 6.54 Å². The van der Waals surface area contributed by atoms with E-state index in [1.165, 1.54) is 0 Å². The van der Waals surface area contributed by atoms with Crippen LogP contribution in [0.4, 0.5) is 13.2 Å². The maximum absolute atomic E-state index is 12.0. The van der Waals surface area contributed by atoms with Gasteiger partial charge in [0.05, 0.1) is 0 Å². The van der Waals surface area contributed by atoms with E-state index in [1.54, 1.807) is 0 Å². The van der Waals surface area contributed by atoms with E-state index in [0.29, 0.717) is 18.9 Å². The Labute approximate surface area is 76.5 Å². The second-order valence-electron chi connectivity index (χ2n) is 3.95. The minimum Gasteiger partial charge on any atom is -0.330 e. The Morgan fingerprint density at radius 1 is 1.15 bits per heavy atom. The van der Waals surface area contributed by atoms with Crippen LogP contribution in [0.15, 0.2) is 0 Å². The van der Waals surface area contributed by atoms with E-state index >= 15 is 0 Å². The van der Waals surface area contributed by atoms with E-state index in [0.717, 1.165) is 19.3 Å². The average molecular weight is 195 g/mol. The van der Waals surface area contributed by atoms with Gasteiger partial charge in [-0.2, -0.15) is 13.2 Å². The third kappa shape index (κ3) is 3.98. The summed E-state index contributed by atoms with van der Waals surface area (Å²) in [6, 6.07) is 0. The molecule has 2 N–H and O–H groups in total. The van der Waals surface area contributed by atoms with Gasteiger partial charge < -0.3 is 5.73 Å². The van der Waals surface area contributed by atoms with Crippen molar-refractivity contribution in [1.29, 1.82) is 0 Å². The van der Waals surface area contributed by atoms with Gasteiger partial charge in [0.25, 0.3) is 0 Å². The normalized spacial score (nSPS) is 30.5. The molecule has 2 unspecified atom stereocenters. The van der Waals surface area contributed by atoms with Gasteiger partial charge >= 0.3 is 6.18 Å². The van der Waals surface area contributed by atoms with Crippen LogP contribution in [-0.4, -0.2) is 12.7 Å². The molecule has 1 fully saturated rings. The summed E-state index contributed by atoms with van der Waals surface area (Å²) in [6.45, 7) is 0.536. The zero-order valence-electron chi connectivity index (χ0n) is 7.61. The monoisotopic (exact) mass is 195 g/mol. The quantitative estimate of drug-likeness (QED) is 0.720. The molecule has 0 saturated heterocycles. The molecular formula is C9H16F3N. The predicted molar refractivity (Wildman–Crippen MR) is 45.2 cm³/mol. The minimum atomic E-state index is -4.00. The number of hydrogen-bond donors (Lipinski definition) is 1. The van der Waals surface area contributed by atoms with E-state index in [1.807, 2.05) is 0 Å². The van der Waals surface area contributed by atoms with Gasteiger partial charge in [-0.15, -0.1) is 0 Å². The van der Waals surface area contributed by atoms with Gasteiger partial charge in [-0.3, -0.25) is 0 Å². The van der Waals surface area contributed by atoms with Crippen molar-refractivity contribution in [2.45, 2.75) is 38.3 Å². The summed E-state index contributed by atoms with van der Waals surface area (Å²) >= 11 is 0. The van der Waals surface area contributed by atoms with Crippen LogP contribution in [0.1, 0.15) is 32.1 Å². The molecule has 4 heteroatoms. The van der Waals surface area contributed by atoms with Gasteiger partial charge in [0.2, 0.25) is 0 Å². The molecule has 0 radical (unpaired) electrons. The van der Waals surface area contributed by atoms with Crippen LogP contribution < -0.4 is 5.73 Å². The first-order valence-electron chi connectivity index (χ1n) is 4.78. The molecular weight excluding hydrogens is 179 g/mol. The third-order valence-corrected chi connectivity index (χ3v) is 2.74. The molecule has 0 aromatic rings. The van der Waals surface area contributed by atoms with Gasteiger partial charge in [-0.05, 0) is 31.2 Å². The molecule has 1 aliphatic carbocycles. The van der Waals surface area contributed by atoms with E-state index in [9.17, 15) is 13.2 Å². The highest BCUT2D eigenvalue weighted by molar-refractivity contribution is 4.75. The molecule has 0 heterocycles. The summed E-state index contributed by atoms with van der Waals surface area (Å²) in [7, 11) is 0. The Bertz CT molecular complexity index is 155. The van der Waals surface area contributed by atoms with Crippen molar-refractivity contribution in [3.05, 3.63) is 0 Å². The van der Waals surface area contributed by atoms with Gasteiger partial charge in [0.1, 0.15) is 0 Å². The van der Waals surface area contributed by atoms with Gasteiger partial charge in [-0.25, -0.2) is 0 Å². The molecule has 1 saturated carbocycles. The smallest absolute Gasteiger partial charge is 0.330 e. The third-order valence-electron chi connectivity index (χ3n) is 2.74. The van der Waals surface area contributed by atoms with Crippen LogP contribution >= 0.6 is 0 Å². The Morgan fingerprint density at radius 3 is 2.31 bits per heavy atom. The summed E-state index contributed by atoms with van der Waals surface area (Å²) in [5.41, 5.74) is 5.45. The van der Waals surface area contributed by atoms with Crippen LogP contribution in [0.5, 0.6) is 0 Å². The van der Waals surface area contributed by atoms with Crippen molar-refractivity contribution in [1.82, 2.24) is 0 Å². The Hall–Kier alpha value is -0.250. The molecule has 0 aliphatic heterocycles. The summed E-state index contributed by atoms with van der Waals surface area (Å²) in [5, 5.41) is 0. The number of halogens is 3. The predicted octanol–water partition coefficient (Wildman–Crippen LogP) is 2.70. The van der Waals surface area contributed by atoms with Crippen molar-refractivity contribution in [3.8, 4) is 0 Å². The molecule has 1 nitrogen and oxygen atoms in total. The van der Waals surface area contributed by atoms with Crippen LogP contribution in [0.3, 0.4) is 0 Å². The SMILES string of the molecule is NCC1CCCC(CC(F)(F)F)C1. The lowest BCUT2D eigenvalue weighted by Gasteiger charge is -2.28. The fourth-order valence-electron chi connectivity index (χ4n) is 2.13. The summed E-state index contributed by atoms with van der Waals surface area (Å²) in [5.74, 6) is 0.142. The maximum atomic E-state index is 12.0. The van der Waals surface area contributed by atoms with Gasteiger partial charge in [0.15, 0.2) is 0 Å². The molecule has 0 aromatic carbocycles. The average Bonchev–Trinajstić information content (AvgIpc) is 2.01. The number of hydrogen-bond acceptors (Lipinski definition) is 1.